The molecule has 3 heteroatoms. The van der Waals surface area contributed by atoms with Crippen LogP contribution in [-0.2, 0) is 10.8 Å². The maximum absolute atomic E-state index is 2.67. The van der Waals surface area contributed by atoms with E-state index in [4.69, 9.17) is 0 Å². The van der Waals surface area contributed by atoms with Crippen LogP contribution in [0.4, 0.5) is 34.1 Å². The molecule has 0 saturated heterocycles. The van der Waals surface area contributed by atoms with E-state index in [0.717, 1.165) is 23.7 Å². The molecule has 59 heavy (non-hydrogen) atoms. The molecule has 7 aromatic rings. The normalized spacial score (nSPS) is 27.5. The molecule has 2 aliphatic heterocycles. The van der Waals surface area contributed by atoms with E-state index in [-0.39, 0.29) is 17.5 Å². The molecule has 7 aromatic carbocycles. The molecule has 15 rings (SSSR count). The van der Waals surface area contributed by atoms with E-state index in [9.17, 15) is 0 Å². The van der Waals surface area contributed by atoms with Crippen molar-refractivity contribution in [2.45, 2.75) is 62.2 Å². The summed E-state index contributed by atoms with van der Waals surface area (Å²) in [5, 5.41) is 0. The molecule has 2 heterocycles. The molecule has 2 spiro atoms. The highest BCUT2D eigenvalue weighted by atomic mass is 15.2. The van der Waals surface area contributed by atoms with Crippen molar-refractivity contribution in [1.29, 1.82) is 0 Å². The Balaban J connectivity index is 0.994. The van der Waals surface area contributed by atoms with Gasteiger partial charge in [0.1, 0.15) is 0 Å². The van der Waals surface area contributed by atoms with Crippen molar-refractivity contribution in [3.63, 3.8) is 0 Å². The van der Waals surface area contributed by atoms with E-state index >= 15 is 0 Å². The topological polar surface area (TPSA) is 6.48 Å². The van der Waals surface area contributed by atoms with Crippen LogP contribution in [0.15, 0.2) is 152 Å². The first-order chi connectivity index (χ1) is 29.3. The second-order valence-electron chi connectivity index (χ2n) is 19.3. The van der Waals surface area contributed by atoms with Crippen molar-refractivity contribution in [2.24, 2.45) is 23.7 Å². The number of anilines is 6. The Morgan fingerprint density at radius 2 is 0.949 bits per heavy atom. The quantitative estimate of drug-likeness (QED) is 0.162. The van der Waals surface area contributed by atoms with Gasteiger partial charge in [0.05, 0.1) is 0 Å². The fraction of sp³-hybridized carbons (Fsp3) is 0.250. The maximum Gasteiger partial charge on any atom is 0.252 e. The Hall–Kier alpha value is -5.80. The predicted molar refractivity (Wildman–Crippen MR) is 244 cm³/mol. The minimum Gasteiger partial charge on any atom is -0.311 e. The van der Waals surface area contributed by atoms with Gasteiger partial charge < -0.3 is 9.80 Å². The van der Waals surface area contributed by atoms with Gasteiger partial charge >= 0.3 is 0 Å². The smallest absolute Gasteiger partial charge is 0.252 e. The Morgan fingerprint density at radius 1 is 0.390 bits per heavy atom. The molecule has 0 amide bonds. The lowest BCUT2D eigenvalue weighted by Crippen LogP contribution is -2.61. The van der Waals surface area contributed by atoms with Crippen LogP contribution >= 0.6 is 0 Å². The Morgan fingerprint density at radius 3 is 1.68 bits per heavy atom. The molecule has 2 nitrogen and oxygen atoms in total. The molecule has 0 aromatic heterocycles. The first-order valence-electron chi connectivity index (χ1n) is 22.7. The number of para-hydroxylation sites is 2. The van der Waals surface area contributed by atoms with E-state index in [1.807, 2.05) is 0 Å². The number of hydrogen-bond donors (Lipinski definition) is 0. The van der Waals surface area contributed by atoms with Gasteiger partial charge in [0.25, 0.3) is 6.71 Å². The molecule has 0 radical (unpaired) electrons. The van der Waals surface area contributed by atoms with Crippen molar-refractivity contribution in [1.82, 2.24) is 0 Å². The van der Waals surface area contributed by atoms with Gasteiger partial charge in [-0.2, -0.15) is 0 Å². The largest absolute Gasteiger partial charge is 0.311 e. The molecule has 0 atom stereocenters. The third-order valence-corrected chi connectivity index (χ3v) is 17.6. The van der Waals surface area contributed by atoms with Gasteiger partial charge in [-0.1, -0.05) is 109 Å². The van der Waals surface area contributed by atoms with Crippen LogP contribution in [0, 0.1) is 23.7 Å². The third kappa shape index (κ3) is 3.60. The van der Waals surface area contributed by atoms with Gasteiger partial charge in [-0.3, -0.25) is 0 Å². The summed E-state index contributed by atoms with van der Waals surface area (Å²) in [5.41, 5.74) is 24.7. The zero-order valence-corrected chi connectivity index (χ0v) is 33.4. The summed E-state index contributed by atoms with van der Waals surface area (Å²) in [4.78, 5) is 5.31. The highest BCUT2D eigenvalue weighted by Crippen LogP contribution is 2.70. The lowest BCUT2D eigenvalue weighted by molar-refractivity contribution is 0.400. The highest BCUT2D eigenvalue weighted by Gasteiger charge is 2.62. The fourth-order valence-electron chi connectivity index (χ4n) is 15.8. The number of benzene rings is 7. The molecular weight excluding hydrogens is 711 g/mol. The molecule has 4 bridgehead atoms. The number of hydrogen-bond acceptors (Lipinski definition) is 2. The van der Waals surface area contributed by atoms with Crippen LogP contribution in [0.25, 0.3) is 22.3 Å². The molecular formula is C56H45BN2. The summed E-state index contributed by atoms with van der Waals surface area (Å²) in [7, 11) is 0. The minimum absolute atomic E-state index is 0.119. The third-order valence-electron chi connectivity index (χ3n) is 17.6. The molecule has 8 aliphatic rings. The van der Waals surface area contributed by atoms with Gasteiger partial charge in [-0.15, -0.1) is 0 Å². The number of fused-ring (bicyclic) bond motifs is 11. The maximum atomic E-state index is 2.67. The first-order valence-corrected chi connectivity index (χ1v) is 22.7. The summed E-state index contributed by atoms with van der Waals surface area (Å²) in [6.45, 7) is 0.119. The Bertz CT molecular complexity index is 2940. The molecule has 0 N–H and O–H groups in total. The monoisotopic (exact) mass is 756 g/mol. The SMILES string of the molecule is c1ccc(N2c3cccc4c3B(c3ccccc3N4c3ccc4c(c3)C3(c5ccccc5-4)C4CCC3CC4)c3ccc4c(c32)-c2ccccc2C42C3CCC2CC3)cc1. The molecule has 4 fully saturated rings. The lowest BCUT2D eigenvalue weighted by atomic mass is 9.33. The zero-order chi connectivity index (χ0) is 38.2. The standard InChI is InChI=1S/C56H45BN2/c1-2-11-38(12-3-1)59-51-20-10-19-50-53(51)57(48-32-31-45-52(54(48)59)42-14-5-7-16-44(42)55(45)34-21-22-35(55)24-23-34)47-17-8-9-18-49(47)58(50)39-29-30-41-40-13-4-6-15-43(40)56(46(41)33-39)36-25-26-37(56)28-27-36/h1-20,29-37H,21-28H2. The zero-order valence-electron chi connectivity index (χ0n) is 33.4. The fourth-order valence-corrected chi connectivity index (χ4v) is 15.8. The van der Waals surface area contributed by atoms with Gasteiger partial charge in [0, 0.05) is 50.5 Å². The van der Waals surface area contributed by atoms with E-state index < -0.39 is 0 Å². The summed E-state index contributed by atoms with van der Waals surface area (Å²) in [5.74, 6) is 2.91. The van der Waals surface area contributed by atoms with Crippen molar-refractivity contribution in [2.75, 3.05) is 9.80 Å². The molecule has 282 valence electrons. The summed E-state index contributed by atoms with van der Waals surface area (Å²) < 4.78 is 0. The second kappa shape index (κ2) is 11.1. The van der Waals surface area contributed by atoms with Crippen LogP contribution in [0.3, 0.4) is 0 Å². The van der Waals surface area contributed by atoms with Gasteiger partial charge in [0.2, 0.25) is 0 Å². The number of nitrogens with zero attached hydrogens (tertiary/aromatic N) is 2. The van der Waals surface area contributed by atoms with Crippen molar-refractivity contribution < 1.29 is 0 Å². The van der Waals surface area contributed by atoms with Gasteiger partial charge in [0.15, 0.2) is 0 Å². The van der Waals surface area contributed by atoms with Crippen LogP contribution < -0.4 is 26.2 Å². The van der Waals surface area contributed by atoms with Crippen LogP contribution in [0.2, 0.25) is 0 Å². The van der Waals surface area contributed by atoms with E-state index in [2.05, 4.69) is 161 Å². The average molecular weight is 757 g/mol. The van der Waals surface area contributed by atoms with E-state index in [1.165, 1.54) is 124 Å². The van der Waals surface area contributed by atoms with Crippen molar-refractivity contribution in [3.8, 4) is 22.3 Å². The van der Waals surface area contributed by atoms with Crippen LogP contribution in [0.5, 0.6) is 0 Å². The summed E-state index contributed by atoms with van der Waals surface area (Å²) in [6, 6.07) is 59.6. The Labute approximate surface area is 347 Å². The lowest BCUT2D eigenvalue weighted by Gasteiger charge is -2.45. The van der Waals surface area contributed by atoms with E-state index in [1.54, 1.807) is 22.3 Å². The summed E-state index contributed by atoms with van der Waals surface area (Å²) >= 11 is 0. The van der Waals surface area contributed by atoms with Gasteiger partial charge in [-0.05, 0) is 173 Å². The van der Waals surface area contributed by atoms with Crippen LogP contribution in [0.1, 0.15) is 73.6 Å². The van der Waals surface area contributed by atoms with Crippen LogP contribution in [-0.4, -0.2) is 6.71 Å². The van der Waals surface area contributed by atoms with Crippen molar-refractivity contribution >= 4 is 57.2 Å². The van der Waals surface area contributed by atoms with Gasteiger partial charge in [-0.25, -0.2) is 0 Å². The first kappa shape index (κ1) is 32.1. The Kier molecular flexibility index (Phi) is 6.02. The second-order valence-corrected chi connectivity index (χ2v) is 19.3. The van der Waals surface area contributed by atoms with E-state index in [0.29, 0.717) is 0 Å². The minimum atomic E-state index is 0.119. The molecule has 6 aliphatic carbocycles. The molecule has 4 saturated carbocycles. The predicted octanol–water partition coefficient (Wildman–Crippen LogP) is 11.9. The summed E-state index contributed by atoms with van der Waals surface area (Å²) in [6.07, 6.45) is 10.8. The average Bonchev–Trinajstić information content (AvgIpc) is 4.15. The number of rotatable bonds is 2. The molecule has 0 unspecified atom stereocenters. The highest BCUT2D eigenvalue weighted by molar-refractivity contribution is 7.00. The van der Waals surface area contributed by atoms with Crippen molar-refractivity contribution in [3.05, 3.63) is 174 Å².